The molecular formula is C18H36N4O8. The number of hydrogen-bond donors (Lipinski definition) is 8. The summed E-state index contributed by atoms with van der Waals surface area (Å²) >= 11 is 0. The van der Waals surface area contributed by atoms with Crippen molar-refractivity contribution in [2.75, 3.05) is 39.6 Å². The van der Waals surface area contributed by atoms with E-state index in [1.54, 1.807) is 0 Å². The van der Waals surface area contributed by atoms with Crippen LogP contribution in [0.15, 0.2) is 10.2 Å². The molecule has 0 aliphatic carbocycles. The Hall–Kier alpha value is -1.70. The Morgan fingerprint density at radius 3 is 1.10 bits per heavy atom. The highest BCUT2D eigenvalue weighted by Gasteiger charge is 2.39. The Morgan fingerprint density at radius 1 is 0.633 bits per heavy atom. The maximum Gasteiger partial charge on any atom is 0.249 e. The number of carbonyl (C=O) groups excluding carboxylic acids is 2. The second kappa shape index (κ2) is 11.6. The lowest BCUT2D eigenvalue weighted by molar-refractivity contribution is -0.131. The molecule has 0 aromatic carbocycles. The van der Waals surface area contributed by atoms with Crippen molar-refractivity contribution in [1.82, 2.24) is 10.6 Å². The first-order valence-corrected chi connectivity index (χ1v) is 9.57. The first-order chi connectivity index (χ1) is 13.8. The van der Waals surface area contributed by atoms with E-state index in [-0.39, 0.29) is 26.1 Å². The molecule has 0 bridgehead atoms. The van der Waals surface area contributed by atoms with Gasteiger partial charge in [0.15, 0.2) is 11.1 Å². The molecule has 0 spiro atoms. The van der Waals surface area contributed by atoms with Gasteiger partial charge in [0.05, 0.1) is 37.5 Å². The van der Waals surface area contributed by atoms with Crippen molar-refractivity contribution in [3.63, 3.8) is 0 Å². The minimum absolute atomic E-state index is 0.0812. The Morgan fingerprint density at radius 2 is 0.900 bits per heavy atom. The van der Waals surface area contributed by atoms with Crippen molar-refractivity contribution in [3.05, 3.63) is 0 Å². The molecule has 0 aliphatic rings. The summed E-state index contributed by atoms with van der Waals surface area (Å²) in [5.74, 6) is -1.39. The van der Waals surface area contributed by atoms with Gasteiger partial charge in [-0.05, 0) is 40.5 Å². The van der Waals surface area contributed by atoms with Crippen LogP contribution in [-0.2, 0) is 9.59 Å². The predicted octanol–water partition coefficient (Wildman–Crippen LogP) is -2.56. The van der Waals surface area contributed by atoms with Crippen LogP contribution in [0.5, 0.6) is 0 Å². The molecule has 0 saturated carbocycles. The molecule has 2 amide bonds. The third-order valence-corrected chi connectivity index (χ3v) is 4.81. The molecule has 0 aromatic heterocycles. The topological polar surface area (TPSA) is 204 Å². The van der Waals surface area contributed by atoms with Gasteiger partial charge in [0, 0.05) is 13.2 Å². The standard InChI is InChI=1S/C18H36N4O8/c1-15(2,13(29)19-17(9-25,10-26)5-7-23)21-22-16(3,4)14(30)20-18(11-27,12-28)6-8-24/h23-28H,5-12H2,1-4H3,(H,19,29)(H,20,30). The zero-order valence-electron chi connectivity index (χ0n) is 18.1. The third kappa shape index (κ3) is 7.52. The van der Waals surface area contributed by atoms with Crippen molar-refractivity contribution in [2.45, 2.75) is 62.7 Å². The SMILES string of the molecule is CC(C)(N=NC(C)(C)C(=O)NC(CO)(CO)CCO)C(=O)NC(CO)(CO)CCO. The van der Waals surface area contributed by atoms with Gasteiger partial charge in [-0.1, -0.05) is 0 Å². The maximum absolute atomic E-state index is 12.6. The van der Waals surface area contributed by atoms with E-state index in [1.165, 1.54) is 27.7 Å². The van der Waals surface area contributed by atoms with Crippen LogP contribution in [0.2, 0.25) is 0 Å². The monoisotopic (exact) mass is 436 g/mol. The summed E-state index contributed by atoms with van der Waals surface area (Å²) in [4.78, 5) is 25.2. The number of hydrogen-bond acceptors (Lipinski definition) is 10. The van der Waals surface area contributed by atoms with Gasteiger partial charge in [-0.15, -0.1) is 0 Å². The van der Waals surface area contributed by atoms with Gasteiger partial charge in [-0.2, -0.15) is 10.2 Å². The zero-order valence-corrected chi connectivity index (χ0v) is 18.1. The molecule has 0 aromatic rings. The first-order valence-electron chi connectivity index (χ1n) is 9.57. The van der Waals surface area contributed by atoms with Crippen molar-refractivity contribution in [1.29, 1.82) is 0 Å². The minimum Gasteiger partial charge on any atom is -0.396 e. The van der Waals surface area contributed by atoms with E-state index in [0.717, 1.165) is 0 Å². The van der Waals surface area contributed by atoms with E-state index in [0.29, 0.717) is 0 Å². The van der Waals surface area contributed by atoms with Crippen molar-refractivity contribution in [2.24, 2.45) is 10.2 Å². The van der Waals surface area contributed by atoms with Gasteiger partial charge < -0.3 is 41.3 Å². The van der Waals surface area contributed by atoms with E-state index >= 15 is 0 Å². The fraction of sp³-hybridized carbons (Fsp3) is 0.889. The van der Waals surface area contributed by atoms with Gasteiger partial charge in [-0.3, -0.25) is 9.59 Å². The molecule has 0 radical (unpaired) electrons. The molecule has 30 heavy (non-hydrogen) atoms. The van der Waals surface area contributed by atoms with Crippen LogP contribution in [0, 0.1) is 0 Å². The summed E-state index contributed by atoms with van der Waals surface area (Å²) in [5.41, 5.74) is -5.84. The number of aliphatic hydroxyl groups excluding tert-OH is 6. The van der Waals surface area contributed by atoms with Crippen LogP contribution >= 0.6 is 0 Å². The van der Waals surface area contributed by atoms with E-state index < -0.39 is 60.4 Å². The van der Waals surface area contributed by atoms with E-state index in [9.17, 15) is 30.0 Å². The second-order valence-corrected chi connectivity index (χ2v) is 8.37. The molecule has 0 rings (SSSR count). The molecule has 8 N–H and O–H groups in total. The normalized spacial score (nSPS) is 13.5. The minimum atomic E-state index is -1.49. The number of rotatable bonds is 14. The molecule has 12 heteroatoms. The van der Waals surface area contributed by atoms with Crippen LogP contribution < -0.4 is 10.6 Å². The summed E-state index contributed by atoms with van der Waals surface area (Å²) in [5, 5.41) is 69.0. The van der Waals surface area contributed by atoms with Crippen LogP contribution in [0.1, 0.15) is 40.5 Å². The fourth-order valence-electron chi connectivity index (χ4n) is 2.26. The number of nitrogens with zero attached hydrogens (tertiary/aromatic N) is 2. The van der Waals surface area contributed by atoms with E-state index in [1.807, 2.05) is 0 Å². The zero-order chi connectivity index (χ0) is 23.6. The van der Waals surface area contributed by atoms with Gasteiger partial charge >= 0.3 is 0 Å². The van der Waals surface area contributed by atoms with Crippen LogP contribution in [-0.4, -0.2) is 104 Å². The van der Waals surface area contributed by atoms with Gasteiger partial charge in [0.2, 0.25) is 11.8 Å². The van der Waals surface area contributed by atoms with Crippen LogP contribution in [0.25, 0.3) is 0 Å². The molecule has 176 valence electrons. The highest BCUT2D eigenvalue weighted by Crippen LogP contribution is 2.20. The number of carbonyl (C=O) groups is 2. The Kier molecular flexibility index (Phi) is 11.0. The summed E-state index contributed by atoms with van der Waals surface area (Å²) in [6.07, 6.45) is -0.162. The average molecular weight is 437 g/mol. The first kappa shape index (κ1) is 28.3. The highest BCUT2D eigenvalue weighted by atomic mass is 16.3. The van der Waals surface area contributed by atoms with Crippen LogP contribution in [0.4, 0.5) is 0 Å². The fourth-order valence-corrected chi connectivity index (χ4v) is 2.26. The van der Waals surface area contributed by atoms with Gasteiger partial charge in [0.1, 0.15) is 0 Å². The predicted molar refractivity (Wildman–Crippen MR) is 107 cm³/mol. The molecule has 0 aliphatic heterocycles. The Bertz CT molecular complexity index is 537. The summed E-state index contributed by atoms with van der Waals surface area (Å²) < 4.78 is 0. The van der Waals surface area contributed by atoms with Gasteiger partial charge in [0.25, 0.3) is 0 Å². The van der Waals surface area contributed by atoms with Crippen LogP contribution in [0.3, 0.4) is 0 Å². The molecule has 0 atom stereocenters. The van der Waals surface area contributed by atoms with Crippen molar-refractivity contribution < 1.29 is 40.2 Å². The highest BCUT2D eigenvalue weighted by molar-refractivity contribution is 5.87. The lowest BCUT2D eigenvalue weighted by atomic mass is 9.94. The number of nitrogens with one attached hydrogen (secondary N) is 2. The molecule has 0 heterocycles. The molecular weight excluding hydrogens is 400 g/mol. The Balaban J connectivity index is 5.45. The number of amides is 2. The molecule has 12 nitrogen and oxygen atoms in total. The largest absolute Gasteiger partial charge is 0.396 e. The van der Waals surface area contributed by atoms with Gasteiger partial charge in [-0.25, -0.2) is 0 Å². The number of aliphatic hydroxyl groups is 6. The molecule has 0 unspecified atom stereocenters. The van der Waals surface area contributed by atoms with Crippen molar-refractivity contribution >= 4 is 11.8 Å². The quantitative estimate of drug-likeness (QED) is 0.136. The third-order valence-electron chi connectivity index (χ3n) is 4.81. The van der Waals surface area contributed by atoms with E-state index in [2.05, 4.69) is 20.9 Å². The van der Waals surface area contributed by atoms with Crippen molar-refractivity contribution in [3.8, 4) is 0 Å². The number of azo groups is 1. The van der Waals surface area contributed by atoms with E-state index in [4.69, 9.17) is 10.2 Å². The maximum atomic E-state index is 12.6. The summed E-state index contributed by atoms with van der Waals surface area (Å²) in [7, 11) is 0. The average Bonchev–Trinajstić information content (AvgIpc) is 2.71. The lowest BCUT2D eigenvalue weighted by Gasteiger charge is -2.34. The molecule has 0 saturated heterocycles. The molecule has 0 fully saturated rings. The lowest BCUT2D eigenvalue weighted by Crippen LogP contribution is -2.59. The summed E-state index contributed by atoms with van der Waals surface area (Å²) in [6.45, 7) is 2.48. The Labute approximate surface area is 176 Å². The summed E-state index contributed by atoms with van der Waals surface area (Å²) in [6, 6.07) is 0. The second-order valence-electron chi connectivity index (χ2n) is 8.37. The smallest absolute Gasteiger partial charge is 0.249 e.